The highest BCUT2D eigenvalue weighted by Gasteiger charge is 2.69. The Kier molecular flexibility index (Phi) is 11.2. The number of ketones is 2. The molecule has 6 atom stereocenters. The molecule has 1 unspecified atom stereocenters. The van der Waals surface area contributed by atoms with Crippen LogP contribution in [0.4, 0.5) is 10.5 Å². The van der Waals surface area contributed by atoms with Gasteiger partial charge in [0.15, 0.2) is 5.78 Å². The Balaban J connectivity index is 1.26. The molecular weight excluding hydrogens is 672 g/mol. The van der Waals surface area contributed by atoms with Gasteiger partial charge in [0, 0.05) is 55.8 Å². The van der Waals surface area contributed by atoms with Crippen molar-refractivity contribution in [2.45, 2.75) is 92.3 Å². The number of likely N-dealkylation sites (tertiary alicyclic amines) is 1. The van der Waals surface area contributed by atoms with Gasteiger partial charge < -0.3 is 31.1 Å². The number of primary amides is 1. The van der Waals surface area contributed by atoms with Gasteiger partial charge in [0.1, 0.15) is 12.1 Å². The highest BCUT2D eigenvalue weighted by molar-refractivity contribution is 6.36. The number of nitrogens with one attached hydrogen (secondary N) is 2. The van der Waals surface area contributed by atoms with Crippen LogP contribution in [0.1, 0.15) is 74.1 Å². The summed E-state index contributed by atoms with van der Waals surface area (Å²) >= 11 is 6.18. The molecule has 4 aliphatic rings. The van der Waals surface area contributed by atoms with Gasteiger partial charge in [0.25, 0.3) is 5.91 Å². The molecule has 0 spiro atoms. The maximum Gasteiger partial charge on any atom is 0.316 e. The number of nitrogens with two attached hydrogens (primary N) is 1. The molecular formula is C38H55ClN6O6. The van der Waals surface area contributed by atoms with Gasteiger partial charge in [0.05, 0.1) is 6.04 Å². The number of hydrogen-bond donors (Lipinski definition) is 3. The van der Waals surface area contributed by atoms with Crippen molar-refractivity contribution in [3.8, 4) is 0 Å². The summed E-state index contributed by atoms with van der Waals surface area (Å²) in [6.45, 7) is 16.0. The number of benzene rings is 1. The minimum Gasteiger partial charge on any atom is -0.368 e. The first-order valence-electron chi connectivity index (χ1n) is 18.3. The second-order valence-corrected chi connectivity index (χ2v) is 17.5. The molecule has 2 aliphatic carbocycles. The number of halogens is 1. The summed E-state index contributed by atoms with van der Waals surface area (Å²) in [6.07, 6.45) is 2.19. The van der Waals surface area contributed by atoms with E-state index in [0.717, 1.165) is 18.5 Å². The zero-order chi connectivity index (χ0) is 37.6. The fraction of sp³-hybridized carbons (Fsp3) is 0.684. The highest BCUT2D eigenvalue weighted by Crippen LogP contribution is 2.65. The standard InChI is InChI=1S/C38H55ClN6O6/c1-21(2)29(34(49)44-15-13-43(14-16-44)25-10-8-9-24(39)19-25)41-36(51)42-32(37(3,4)5)35(50)45-20-26-28(38(26,6)7)30(45)27(46)18-23(17-22-11-12-22)31(47)33(40)48/h8-10,19,21-23,26,28-30,32H,11-18,20H2,1-7H3,(H2,40,48)(H2,41,42,51)/t23?,26-,28-,29-,30+,32+/m0/s1. The fourth-order valence-electron chi connectivity index (χ4n) is 8.18. The molecule has 5 amide bonds. The Morgan fingerprint density at radius 1 is 0.980 bits per heavy atom. The highest BCUT2D eigenvalue weighted by atomic mass is 35.5. The van der Waals surface area contributed by atoms with Gasteiger partial charge in [-0.15, -0.1) is 0 Å². The van der Waals surface area contributed by atoms with E-state index in [4.69, 9.17) is 17.3 Å². The number of piperidine rings is 1. The number of urea groups is 1. The molecule has 2 aliphatic heterocycles. The zero-order valence-electron chi connectivity index (χ0n) is 31.0. The molecule has 2 saturated carbocycles. The minimum atomic E-state index is -1.04. The minimum absolute atomic E-state index is 0.0871. The number of fused-ring (bicyclic) bond motifs is 1. The van der Waals surface area contributed by atoms with Gasteiger partial charge in [-0.2, -0.15) is 0 Å². The Morgan fingerprint density at radius 3 is 2.18 bits per heavy atom. The van der Waals surface area contributed by atoms with Gasteiger partial charge in [-0.25, -0.2) is 4.79 Å². The Labute approximate surface area is 306 Å². The molecule has 1 aromatic carbocycles. The number of carbonyl (C=O) groups is 6. The molecule has 2 heterocycles. The van der Waals surface area contributed by atoms with Crippen LogP contribution < -0.4 is 21.3 Å². The van der Waals surface area contributed by atoms with Crippen LogP contribution in [-0.2, 0) is 24.0 Å². The number of amides is 5. The van der Waals surface area contributed by atoms with Crippen LogP contribution in [0.25, 0.3) is 0 Å². The van der Waals surface area contributed by atoms with Crippen molar-refractivity contribution in [3.63, 3.8) is 0 Å². The fourth-order valence-corrected chi connectivity index (χ4v) is 8.37. The first-order valence-corrected chi connectivity index (χ1v) is 18.7. The molecule has 0 radical (unpaired) electrons. The van der Waals surface area contributed by atoms with Crippen LogP contribution >= 0.6 is 11.6 Å². The summed E-state index contributed by atoms with van der Waals surface area (Å²) in [5.41, 5.74) is 5.44. The third-order valence-electron chi connectivity index (χ3n) is 11.6. The number of carbonyl (C=O) groups excluding carboxylic acids is 6. The van der Waals surface area contributed by atoms with Crippen molar-refractivity contribution in [1.29, 1.82) is 0 Å². The molecule has 2 saturated heterocycles. The van der Waals surface area contributed by atoms with Gasteiger partial charge in [-0.3, -0.25) is 24.0 Å². The number of hydrogen-bond acceptors (Lipinski definition) is 7. The molecule has 13 heteroatoms. The van der Waals surface area contributed by atoms with Crippen molar-refractivity contribution >= 4 is 52.6 Å². The maximum absolute atomic E-state index is 14.4. The SMILES string of the molecule is CC(C)[C@H](NC(=O)N[C@H](C(=O)N1C[C@H]2[C@@H]([C@H]1C(=O)CC(CC1CC1)C(=O)C(N)=O)C2(C)C)C(C)(C)C)C(=O)N1CCN(c2cccc(Cl)c2)CC1. The summed E-state index contributed by atoms with van der Waals surface area (Å²) in [7, 11) is 0. The van der Waals surface area contributed by atoms with Crippen molar-refractivity contribution in [2.75, 3.05) is 37.6 Å². The summed E-state index contributed by atoms with van der Waals surface area (Å²) in [6, 6.07) is 4.36. The van der Waals surface area contributed by atoms with Gasteiger partial charge in [0.2, 0.25) is 17.6 Å². The topological polar surface area (TPSA) is 162 Å². The zero-order valence-corrected chi connectivity index (χ0v) is 31.8. The van der Waals surface area contributed by atoms with Crippen LogP contribution in [0.2, 0.25) is 5.02 Å². The molecule has 0 aromatic heterocycles. The first kappa shape index (κ1) is 38.6. The number of anilines is 1. The van der Waals surface area contributed by atoms with Crippen molar-refractivity contribution < 1.29 is 28.8 Å². The van der Waals surface area contributed by atoms with Crippen LogP contribution in [-0.4, -0.2) is 96.0 Å². The number of nitrogens with zero attached hydrogens (tertiary/aromatic N) is 3. The predicted molar refractivity (Wildman–Crippen MR) is 195 cm³/mol. The van der Waals surface area contributed by atoms with Crippen molar-refractivity contribution in [1.82, 2.24) is 20.4 Å². The van der Waals surface area contributed by atoms with Crippen molar-refractivity contribution in [3.05, 3.63) is 29.3 Å². The second-order valence-electron chi connectivity index (χ2n) is 17.1. The first-order chi connectivity index (χ1) is 23.8. The lowest BCUT2D eigenvalue weighted by molar-refractivity contribution is -0.144. The number of rotatable bonds is 13. The van der Waals surface area contributed by atoms with E-state index in [1.54, 1.807) is 9.80 Å². The van der Waals surface area contributed by atoms with Gasteiger partial charge >= 0.3 is 6.03 Å². The predicted octanol–water partition coefficient (Wildman–Crippen LogP) is 3.64. The lowest BCUT2D eigenvalue weighted by Crippen LogP contribution is -2.62. The molecule has 5 rings (SSSR count). The monoisotopic (exact) mass is 726 g/mol. The maximum atomic E-state index is 14.4. The Hall–Kier alpha value is -3.67. The summed E-state index contributed by atoms with van der Waals surface area (Å²) in [5, 5.41) is 6.38. The van der Waals surface area contributed by atoms with Crippen molar-refractivity contribution in [2.24, 2.45) is 46.2 Å². The average Bonchev–Trinajstić information content (AvgIpc) is 3.91. The number of piperazine rings is 1. The van der Waals surface area contributed by atoms with Crippen LogP contribution in [0.5, 0.6) is 0 Å². The molecule has 1 aromatic rings. The van der Waals surface area contributed by atoms with E-state index < -0.39 is 47.2 Å². The summed E-state index contributed by atoms with van der Waals surface area (Å²) in [5.74, 6) is -3.32. The largest absolute Gasteiger partial charge is 0.368 e. The van der Waals surface area contributed by atoms with Crippen LogP contribution in [0.3, 0.4) is 0 Å². The Morgan fingerprint density at radius 2 is 1.63 bits per heavy atom. The molecule has 0 bridgehead atoms. The molecule has 4 fully saturated rings. The molecule has 280 valence electrons. The quantitative estimate of drug-likeness (QED) is 0.262. The molecule has 4 N–H and O–H groups in total. The Bertz CT molecular complexity index is 1540. The summed E-state index contributed by atoms with van der Waals surface area (Å²) < 4.78 is 0. The van der Waals surface area contributed by atoms with Gasteiger partial charge in [-0.1, -0.05) is 79.0 Å². The average molecular weight is 727 g/mol. The van der Waals surface area contributed by atoms with E-state index in [9.17, 15) is 28.8 Å². The smallest absolute Gasteiger partial charge is 0.316 e. The van der Waals surface area contributed by atoms with E-state index in [2.05, 4.69) is 29.4 Å². The third-order valence-corrected chi connectivity index (χ3v) is 11.8. The van der Waals surface area contributed by atoms with E-state index in [-0.39, 0.29) is 47.2 Å². The second kappa shape index (κ2) is 14.8. The summed E-state index contributed by atoms with van der Waals surface area (Å²) in [4.78, 5) is 85.9. The number of Topliss-reactive ketones (excluding diaryl/α,β-unsaturated/α-hetero) is 2. The van der Waals surface area contributed by atoms with Crippen LogP contribution in [0.15, 0.2) is 24.3 Å². The van der Waals surface area contributed by atoms with E-state index in [1.807, 2.05) is 58.9 Å². The van der Waals surface area contributed by atoms with E-state index >= 15 is 0 Å². The van der Waals surface area contributed by atoms with E-state index in [1.165, 1.54) is 0 Å². The third kappa shape index (κ3) is 8.53. The lowest BCUT2D eigenvalue weighted by Gasteiger charge is -2.39. The lowest BCUT2D eigenvalue weighted by atomic mass is 9.84. The van der Waals surface area contributed by atoms with Gasteiger partial charge in [-0.05, 0) is 59.1 Å². The molecule has 12 nitrogen and oxygen atoms in total. The van der Waals surface area contributed by atoms with Crippen LogP contribution in [0, 0.1) is 40.4 Å². The normalized spacial score (nSPS) is 24.3. The molecule has 51 heavy (non-hydrogen) atoms. The van der Waals surface area contributed by atoms with E-state index in [0.29, 0.717) is 50.1 Å².